The van der Waals surface area contributed by atoms with E-state index in [-0.39, 0.29) is 23.5 Å². The van der Waals surface area contributed by atoms with E-state index in [1.54, 1.807) is 24.3 Å². The van der Waals surface area contributed by atoms with Crippen LogP contribution in [0.25, 0.3) is 0 Å². The van der Waals surface area contributed by atoms with E-state index in [1.807, 2.05) is 24.8 Å². The molecule has 0 radical (unpaired) electrons. The Labute approximate surface area is 191 Å². The molecule has 1 amide bonds. The summed E-state index contributed by atoms with van der Waals surface area (Å²) >= 11 is 12.4. The molecule has 0 unspecified atom stereocenters. The third-order valence-corrected chi connectivity index (χ3v) is 5.45. The second-order valence-electron chi connectivity index (χ2n) is 7.42. The SMILES string of the molecule is CC[C@H](C)NC(=O)c1coc(CN(Cc2ccc(F)cc2)Cc2ccc(Cl)cc2Cl)n1. The van der Waals surface area contributed by atoms with Gasteiger partial charge in [0.05, 0.1) is 6.54 Å². The van der Waals surface area contributed by atoms with Crippen LogP contribution in [0.4, 0.5) is 4.39 Å². The molecule has 1 heterocycles. The maximum atomic E-state index is 13.3. The van der Waals surface area contributed by atoms with Gasteiger partial charge in [0.25, 0.3) is 5.91 Å². The summed E-state index contributed by atoms with van der Waals surface area (Å²) < 4.78 is 18.8. The van der Waals surface area contributed by atoms with Gasteiger partial charge < -0.3 is 9.73 Å². The molecule has 0 saturated heterocycles. The van der Waals surface area contributed by atoms with Crippen molar-refractivity contribution < 1.29 is 13.6 Å². The van der Waals surface area contributed by atoms with Crippen molar-refractivity contribution in [2.75, 3.05) is 0 Å². The Bertz CT molecular complexity index is 1020. The van der Waals surface area contributed by atoms with Crippen LogP contribution in [0, 0.1) is 5.82 Å². The first-order valence-electron chi connectivity index (χ1n) is 10.00. The fourth-order valence-corrected chi connectivity index (χ4v) is 3.45. The molecule has 5 nitrogen and oxygen atoms in total. The molecule has 1 atom stereocenters. The fourth-order valence-electron chi connectivity index (χ4n) is 2.99. The number of nitrogens with one attached hydrogen (secondary N) is 1. The van der Waals surface area contributed by atoms with Crippen molar-refractivity contribution in [3.05, 3.63) is 87.3 Å². The molecule has 8 heteroatoms. The number of aromatic nitrogens is 1. The monoisotopic (exact) mass is 463 g/mol. The Morgan fingerprint density at radius 1 is 1.16 bits per heavy atom. The van der Waals surface area contributed by atoms with Crippen LogP contribution < -0.4 is 5.32 Å². The lowest BCUT2D eigenvalue weighted by Crippen LogP contribution is -2.32. The lowest BCUT2D eigenvalue weighted by molar-refractivity contribution is 0.0934. The van der Waals surface area contributed by atoms with Crippen LogP contribution in [0.3, 0.4) is 0 Å². The van der Waals surface area contributed by atoms with Gasteiger partial charge in [-0.3, -0.25) is 9.69 Å². The number of halogens is 3. The summed E-state index contributed by atoms with van der Waals surface area (Å²) in [6.07, 6.45) is 2.18. The topological polar surface area (TPSA) is 58.4 Å². The summed E-state index contributed by atoms with van der Waals surface area (Å²) in [4.78, 5) is 18.7. The highest BCUT2D eigenvalue weighted by atomic mass is 35.5. The number of hydrogen-bond acceptors (Lipinski definition) is 4. The highest BCUT2D eigenvalue weighted by molar-refractivity contribution is 6.35. The molecular weight excluding hydrogens is 440 g/mol. The van der Waals surface area contributed by atoms with E-state index in [0.29, 0.717) is 35.6 Å². The molecule has 0 spiro atoms. The predicted molar refractivity (Wildman–Crippen MR) is 120 cm³/mol. The third kappa shape index (κ3) is 6.79. The van der Waals surface area contributed by atoms with E-state index in [1.165, 1.54) is 18.4 Å². The van der Waals surface area contributed by atoms with Crippen molar-refractivity contribution >= 4 is 29.1 Å². The minimum atomic E-state index is -0.291. The first-order chi connectivity index (χ1) is 14.8. The number of oxazole rings is 1. The second kappa shape index (κ2) is 10.8. The van der Waals surface area contributed by atoms with Gasteiger partial charge in [0.2, 0.25) is 5.89 Å². The van der Waals surface area contributed by atoms with E-state index < -0.39 is 0 Å². The largest absolute Gasteiger partial charge is 0.447 e. The Morgan fingerprint density at radius 3 is 2.58 bits per heavy atom. The van der Waals surface area contributed by atoms with Gasteiger partial charge in [-0.25, -0.2) is 9.37 Å². The van der Waals surface area contributed by atoms with E-state index >= 15 is 0 Å². The maximum Gasteiger partial charge on any atom is 0.273 e. The van der Waals surface area contributed by atoms with Gasteiger partial charge in [-0.2, -0.15) is 0 Å². The highest BCUT2D eigenvalue weighted by Gasteiger charge is 2.17. The molecule has 0 aliphatic carbocycles. The smallest absolute Gasteiger partial charge is 0.273 e. The van der Waals surface area contributed by atoms with Crippen LogP contribution in [-0.4, -0.2) is 21.8 Å². The molecule has 3 rings (SSSR count). The average molecular weight is 464 g/mol. The van der Waals surface area contributed by atoms with E-state index in [9.17, 15) is 9.18 Å². The molecule has 2 aromatic carbocycles. The molecule has 3 aromatic rings. The van der Waals surface area contributed by atoms with Gasteiger partial charge in [0.15, 0.2) is 5.69 Å². The number of amides is 1. The van der Waals surface area contributed by atoms with Crippen molar-refractivity contribution in [2.45, 2.75) is 45.9 Å². The minimum Gasteiger partial charge on any atom is -0.447 e. The second-order valence-corrected chi connectivity index (χ2v) is 8.26. The standard InChI is InChI=1S/C23H24Cl2FN3O2/c1-3-15(2)27-23(30)21-14-31-22(28-21)13-29(11-16-4-8-19(26)9-5-16)12-17-6-7-18(24)10-20(17)25/h4-10,14-15H,3,11-13H2,1-2H3,(H,27,30)/t15-/m0/s1. The molecule has 164 valence electrons. The quantitative estimate of drug-likeness (QED) is 0.432. The first kappa shape index (κ1) is 23.3. The molecule has 0 aliphatic rings. The Balaban J connectivity index is 1.77. The van der Waals surface area contributed by atoms with E-state index in [4.69, 9.17) is 27.6 Å². The van der Waals surface area contributed by atoms with Gasteiger partial charge in [0.1, 0.15) is 12.1 Å². The number of hydrogen-bond donors (Lipinski definition) is 1. The van der Waals surface area contributed by atoms with Gasteiger partial charge in [-0.15, -0.1) is 0 Å². The summed E-state index contributed by atoms with van der Waals surface area (Å²) in [7, 11) is 0. The molecule has 1 N–H and O–H groups in total. The number of benzene rings is 2. The van der Waals surface area contributed by atoms with Crippen molar-refractivity contribution in [3.63, 3.8) is 0 Å². The number of carbonyl (C=O) groups excluding carboxylic acids is 1. The molecule has 0 aliphatic heterocycles. The molecule has 0 saturated carbocycles. The lowest BCUT2D eigenvalue weighted by Gasteiger charge is -2.21. The maximum absolute atomic E-state index is 13.3. The fraction of sp³-hybridized carbons (Fsp3) is 0.304. The molecule has 0 fully saturated rings. The van der Waals surface area contributed by atoms with E-state index in [0.717, 1.165) is 17.5 Å². The van der Waals surface area contributed by atoms with Crippen LogP contribution in [0.1, 0.15) is 47.8 Å². The molecule has 31 heavy (non-hydrogen) atoms. The normalized spacial score (nSPS) is 12.2. The Hall–Kier alpha value is -2.41. The highest BCUT2D eigenvalue weighted by Crippen LogP contribution is 2.24. The first-order valence-corrected chi connectivity index (χ1v) is 10.8. The zero-order valence-corrected chi connectivity index (χ0v) is 18.9. The summed E-state index contributed by atoms with van der Waals surface area (Å²) in [5, 5.41) is 3.98. The lowest BCUT2D eigenvalue weighted by atomic mass is 10.1. The zero-order valence-electron chi connectivity index (χ0n) is 17.4. The molecular formula is C23H24Cl2FN3O2. The number of rotatable bonds is 9. The van der Waals surface area contributed by atoms with Crippen molar-refractivity contribution in [2.24, 2.45) is 0 Å². The number of nitrogens with zero attached hydrogens (tertiary/aromatic N) is 2. The molecule has 1 aromatic heterocycles. The Morgan fingerprint density at radius 2 is 1.90 bits per heavy atom. The number of carbonyl (C=O) groups is 1. The minimum absolute atomic E-state index is 0.0506. The van der Waals surface area contributed by atoms with Crippen LogP contribution in [0.15, 0.2) is 53.1 Å². The average Bonchev–Trinajstić information content (AvgIpc) is 3.20. The summed E-state index contributed by atoms with van der Waals surface area (Å²) in [6.45, 7) is 5.26. The van der Waals surface area contributed by atoms with E-state index in [2.05, 4.69) is 10.3 Å². The van der Waals surface area contributed by atoms with Crippen molar-refractivity contribution in [1.82, 2.24) is 15.2 Å². The predicted octanol–water partition coefficient (Wildman–Crippen LogP) is 5.85. The molecule has 0 bridgehead atoms. The van der Waals surface area contributed by atoms with Crippen molar-refractivity contribution in [3.8, 4) is 0 Å². The zero-order chi connectivity index (χ0) is 22.4. The Kier molecular flexibility index (Phi) is 8.07. The van der Waals surface area contributed by atoms with Crippen molar-refractivity contribution in [1.29, 1.82) is 0 Å². The van der Waals surface area contributed by atoms with Gasteiger partial charge in [0, 0.05) is 29.2 Å². The summed E-state index contributed by atoms with van der Waals surface area (Å²) in [5.41, 5.74) is 2.05. The summed E-state index contributed by atoms with van der Waals surface area (Å²) in [6, 6.07) is 11.7. The van der Waals surface area contributed by atoms with Crippen LogP contribution in [-0.2, 0) is 19.6 Å². The third-order valence-electron chi connectivity index (χ3n) is 4.86. The van der Waals surface area contributed by atoms with Gasteiger partial charge in [-0.1, -0.05) is 48.3 Å². The van der Waals surface area contributed by atoms with Gasteiger partial charge >= 0.3 is 0 Å². The summed E-state index contributed by atoms with van der Waals surface area (Å²) in [5.74, 6) is -0.155. The van der Waals surface area contributed by atoms with Crippen LogP contribution >= 0.6 is 23.2 Å². The van der Waals surface area contributed by atoms with Crippen LogP contribution in [0.2, 0.25) is 10.0 Å². The van der Waals surface area contributed by atoms with Gasteiger partial charge in [-0.05, 0) is 48.7 Å². The van der Waals surface area contributed by atoms with Crippen LogP contribution in [0.5, 0.6) is 0 Å².